The molecule has 3 aromatic carbocycles. The van der Waals surface area contributed by atoms with Gasteiger partial charge in [0.25, 0.3) is 0 Å². The summed E-state index contributed by atoms with van der Waals surface area (Å²) in [4.78, 5) is 13.1. The summed E-state index contributed by atoms with van der Waals surface area (Å²) in [7, 11) is 0. The number of amides is 1. The fraction of sp³-hybridized carbons (Fsp3) is 0.323. The zero-order valence-corrected chi connectivity index (χ0v) is 21.5. The topological polar surface area (TPSA) is 48.0 Å². The number of nitrogens with zero attached hydrogens (tertiary/aromatic N) is 1. The second-order valence-electron chi connectivity index (χ2n) is 9.32. The van der Waals surface area contributed by atoms with E-state index in [0.717, 1.165) is 21.6 Å². The lowest BCUT2D eigenvalue weighted by molar-refractivity contribution is -0.190. The van der Waals surface area contributed by atoms with E-state index < -0.39 is 30.4 Å². The minimum atomic E-state index is -4.99. The van der Waals surface area contributed by atoms with Crippen molar-refractivity contribution >= 4 is 5.91 Å². The third-order valence-corrected chi connectivity index (χ3v) is 6.39. The Balaban J connectivity index is 1.63. The van der Waals surface area contributed by atoms with E-state index in [0.29, 0.717) is 0 Å². The molecule has 39 heavy (non-hydrogen) atoms. The number of halogens is 3. The van der Waals surface area contributed by atoms with Gasteiger partial charge in [0, 0.05) is 13.1 Å². The standard InChI is InChI=1S/C31H32F3NO4/c32-31(33,34)30(36)35-19-11-10-18-27(37-21-24-12-4-1-5-13-24)29(39-23-26-16-8-3-9-17-26)28(20-35)38-22-25-14-6-2-7-15-25/h1-10,12-18,27-29H,11,19-23H2/b18-10-/t27-,28+,29+/m1/s1. The Labute approximate surface area is 226 Å². The van der Waals surface area contributed by atoms with Gasteiger partial charge in [-0.15, -0.1) is 0 Å². The lowest BCUT2D eigenvalue weighted by Gasteiger charge is -2.35. The zero-order chi connectivity index (χ0) is 27.5. The van der Waals surface area contributed by atoms with Crippen LogP contribution in [0.5, 0.6) is 0 Å². The van der Waals surface area contributed by atoms with Gasteiger partial charge >= 0.3 is 12.1 Å². The second kappa shape index (κ2) is 14.1. The lowest BCUT2D eigenvalue weighted by atomic mass is 10.1. The maximum absolute atomic E-state index is 13.5. The summed E-state index contributed by atoms with van der Waals surface area (Å²) in [6.45, 7) is 0.217. The van der Waals surface area contributed by atoms with Crippen molar-refractivity contribution < 1.29 is 32.2 Å². The molecule has 1 aliphatic rings. The van der Waals surface area contributed by atoms with E-state index in [2.05, 4.69) is 0 Å². The fourth-order valence-corrected chi connectivity index (χ4v) is 4.37. The molecule has 1 aliphatic heterocycles. The van der Waals surface area contributed by atoms with E-state index in [9.17, 15) is 18.0 Å². The Morgan fingerprint density at radius 1 is 0.744 bits per heavy atom. The number of ether oxygens (including phenoxy) is 3. The summed E-state index contributed by atoms with van der Waals surface area (Å²) in [5.41, 5.74) is 2.70. The number of rotatable bonds is 9. The number of carbonyl (C=O) groups excluding carboxylic acids is 1. The molecule has 1 amide bonds. The predicted molar refractivity (Wildman–Crippen MR) is 141 cm³/mol. The second-order valence-corrected chi connectivity index (χ2v) is 9.32. The van der Waals surface area contributed by atoms with E-state index in [-0.39, 0.29) is 39.3 Å². The smallest absolute Gasteiger partial charge is 0.369 e. The summed E-state index contributed by atoms with van der Waals surface area (Å²) >= 11 is 0. The van der Waals surface area contributed by atoms with E-state index in [1.54, 1.807) is 12.2 Å². The molecule has 206 valence electrons. The van der Waals surface area contributed by atoms with Gasteiger partial charge in [0.1, 0.15) is 18.3 Å². The largest absolute Gasteiger partial charge is 0.471 e. The molecule has 4 rings (SSSR count). The number of benzene rings is 3. The van der Waals surface area contributed by atoms with Crippen LogP contribution in [0.4, 0.5) is 13.2 Å². The van der Waals surface area contributed by atoms with Gasteiger partial charge in [-0.1, -0.05) is 103 Å². The third kappa shape index (κ3) is 8.78. The van der Waals surface area contributed by atoms with E-state index >= 15 is 0 Å². The minimum Gasteiger partial charge on any atom is -0.369 e. The van der Waals surface area contributed by atoms with Crippen LogP contribution >= 0.6 is 0 Å². The van der Waals surface area contributed by atoms with Crippen LogP contribution < -0.4 is 0 Å². The average molecular weight is 540 g/mol. The van der Waals surface area contributed by atoms with Crippen LogP contribution in [0.3, 0.4) is 0 Å². The molecule has 0 N–H and O–H groups in total. The van der Waals surface area contributed by atoms with E-state index in [1.165, 1.54) is 0 Å². The molecule has 5 nitrogen and oxygen atoms in total. The Kier molecular flexibility index (Phi) is 10.3. The van der Waals surface area contributed by atoms with Gasteiger partial charge in [0.15, 0.2) is 0 Å². The first-order chi connectivity index (χ1) is 18.9. The van der Waals surface area contributed by atoms with Gasteiger partial charge in [-0.05, 0) is 23.1 Å². The molecule has 0 spiro atoms. The molecular formula is C31H32F3NO4. The van der Waals surface area contributed by atoms with Crippen LogP contribution in [0.15, 0.2) is 103 Å². The predicted octanol–water partition coefficient (Wildman–Crippen LogP) is 6.09. The monoisotopic (exact) mass is 539 g/mol. The molecule has 0 fully saturated rings. The molecule has 3 atom stereocenters. The van der Waals surface area contributed by atoms with Gasteiger partial charge in [-0.3, -0.25) is 4.79 Å². The molecular weight excluding hydrogens is 507 g/mol. The number of hydrogen-bond acceptors (Lipinski definition) is 4. The maximum Gasteiger partial charge on any atom is 0.471 e. The summed E-state index contributed by atoms with van der Waals surface area (Å²) in [5, 5.41) is 0. The number of alkyl halides is 3. The van der Waals surface area contributed by atoms with Crippen molar-refractivity contribution in [1.29, 1.82) is 0 Å². The van der Waals surface area contributed by atoms with Crippen molar-refractivity contribution in [2.24, 2.45) is 0 Å². The highest BCUT2D eigenvalue weighted by molar-refractivity contribution is 5.81. The van der Waals surface area contributed by atoms with Crippen LogP contribution in [-0.2, 0) is 38.8 Å². The Morgan fingerprint density at radius 3 is 1.74 bits per heavy atom. The average Bonchev–Trinajstić information content (AvgIpc) is 3.03. The van der Waals surface area contributed by atoms with E-state index in [4.69, 9.17) is 14.2 Å². The van der Waals surface area contributed by atoms with Crippen LogP contribution in [-0.4, -0.2) is 48.4 Å². The Hall–Kier alpha value is -3.46. The zero-order valence-electron chi connectivity index (χ0n) is 21.5. The summed E-state index contributed by atoms with van der Waals surface area (Å²) in [6.07, 6.45) is -3.53. The summed E-state index contributed by atoms with van der Waals surface area (Å²) in [5.74, 6) is -1.89. The Morgan fingerprint density at radius 2 is 1.23 bits per heavy atom. The normalized spacial score (nSPS) is 21.0. The van der Waals surface area contributed by atoms with Crippen molar-refractivity contribution in [2.75, 3.05) is 13.1 Å². The highest BCUT2D eigenvalue weighted by atomic mass is 19.4. The first kappa shape index (κ1) is 28.5. The summed E-state index contributed by atoms with van der Waals surface area (Å²) in [6, 6.07) is 28.4. The molecule has 0 aromatic heterocycles. The van der Waals surface area contributed by atoms with Gasteiger partial charge in [-0.25, -0.2) is 0 Å². The SMILES string of the molecule is O=C(N1CC/C=C\[C@@H](OCc2ccccc2)[C@H](OCc2ccccc2)[C@@H](OCc2ccccc2)C1)C(F)(F)F. The van der Waals surface area contributed by atoms with Crippen molar-refractivity contribution in [3.05, 3.63) is 120 Å². The third-order valence-electron chi connectivity index (χ3n) is 6.39. The lowest BCUT2D eigenvalue weighted by Crippen LogP contribution is -2.51. The molecule has 1 heterocycles. The number of hydrogen-bond donors (Lipinski definition) is 0. The molecule has 0 saturated carbocycles. The van der Waals surface area contributed by atoms with Gasteiger partial charge in [0.2, 0.25) is 0 Å². The molecule has 0 radical (unpaired) electrons. The first-order valence-corrected chi connectivity index (χ1v) is 12.9. The van der Waals surface area contributed by atoms with Crippen LogP contribution in [0, 0.1) is 0 Å². The molecule has 0 bridgehead atoms. The van der Waals surface area contributed by atoms with Crippen LogP contribution in [0.2, 0.25) is 0 Å². The fourth-order valence-electron chi connectivity index (χ4n) is 4.37. The highest BCUT2D eigenvalue weighted by Crippen LogP contribution is 2.25. The van der Waals surface area contributed by atoms with Crippen LogP contribution in [0.25, 0.3) is 0 Å². The van der Waals surface area contributed by atoms with Gasteiger partial charge in [-0.2, -0.15) is 13.2 Å². The van der Waals surface area contributed by atoms with Crippen molar-refractivity contribution in [3.8, 4) is 0 Å². The summed E-state index contributed by atoms with van der Waals surface area (Å²) < 4.78 is 59.4. The minimum absolute atomic E-state index is 0.100. The molecule has 3 aromatic rings. The van der Waals surface area contributed by atoms with Crippen LogP contribution in [0.1, 0.15) is 23.1 Å². The van der Waals surface area contributed by atoms with E-state index in [1.807, 2.05) is 91.0 Å². The maximum atomic E-state index is 13.5. The number of carbonyl (C=O) groups is 1. The van der Waals surface area contributed by atoms with Crippen molar-refractivity contribution in [1.82, 2.24) is 4.90 Å². The quantitative estimate of drug-likeness (QED) is 0.309. The highest BCUT2D eigenvalue weighted by Gasteiger charge is 2.44. The van der Waals surface area contributed by atoms with Crippen molar-refractivity contribution in [3.63, 3.8) is 0 Å². The molecule has 0 unspecified atom stereocenters. The van der Waals surface area contributed by atoms with Gasteiger partial charge < -0.3 is 19.1 Å². The van der Waals surface area contributed by atoms with Crippen molar-refractivity contribution in [2.45, 2.75) is 50.7 Å². The molecule has 0 saturated heterocycles. The molecule has 0 aliphatic carbocycles. The van der Waals surface area contributed by atoms with Gasteiger partial charge in [0.05, 0.1) is 19.8 Å². The molecule has 8 heteroatoms. The first-order valence-electron chi connectivity index (χ1n) is 12.9. The Bertz CT molecular complexity index is 1170.